The van der Waals surface area contributed by atoms with Crippen LogP contribution in [0, 0.1) is 11.6 Å². The van der Waals surface area contributed by atoms with E-state index in [2.05, 4.69) is 37.6 Å². The molecule has 3 aliphatic rings. The molecule has 3 fully saturated rings. The number of sulfone groups is 1. The number of carbonyl (C=O) groups is 3. The fourth-order valence-corrected chi connectivity index (χ4v) is 16.8. The van der Waals surface area contributed by atoms with Gasteiger partial charge >= 0.3 is 0 Å². The van der Waals surface area contributed by atoms with Gasteiger partial charge in [0.2, 0.25) is 0 Å². The molecule has 2 atom stereocenters. The first-order valence-corrected chi connectivity index (χ1v) is 36.0. The molecule has 6 aromatic carbocycles. The smallest absolute Gasteiger partial charge is 0.255 e. The van der Waals surface area contributed by atoms with Gasteiger partial charge in [0.25, 0.3) is 17.7 Å². The summed E-state index contributed by atoms with van der Waals surface area (Å²) in [7, 11) is -8.42. The normalized spacial score (nSPS) is 16.1. The Bertz CT molecular complexity index is 4290. The van der Waals surface area contributed by atoms with Crippen LogP contribution in [0.1, 0.15) is 59.3 Å². The van der Waals surface area contributed by atoms with Gasteiger partial charge < -0.3 is 29.4 Å². The molecule has 16 nitrogen and oxygen atoms in total. The van der Waals surface area contributed by atoms with Crippen LogP contribution < -0.4 is 14.7 Å². The fourth-order valence-electron chi connectivity index (χ4n) is 10.2. The van der Waals surface area contributed by atoms with E-state index in [0.29, 0.717) is 103 Å². The van der Waals surface area contributed by atoms with Gasteiger partial charge in [0.05, 0.1) is 52.5 Å². The number of piperazine rings is 3. The number of halogens is 2. The van der Waals surface area contributed by atoms with E-state index in [0.717, 1.165) is 48.9 Å². The Labute approximate surface area is 519 Å². The van der Waals surface area contributed by atoms with Crippen LogP contribution in [-0.4, -0.2) is 172 Å². The molecule has 0 bridgehead atoms. The Morgan fingerprint density at radius 2 is 0.828 bits per heavy atom. The Kier molecular flexibility index (Phi) is 20.2. The third-order valence-electron chi connectivity index (χ3n) is 15.3. The molecule has 3 saturated heterocycles. The predicted molar refractivity (Wildman–Crippen MR) is 355 cm³/mol. The summed E-state index contributed by atoms with van der Waals surface area (Å²) in [4.78, 5) is 65.8. The highest BCUT2D eigenvalue weighted by atomic mass is 32.2. The zero-order valence-corrected chi connectivity index (χ0v) is 52.7. The summed E-state index contributed by atoms with van der Waals surface area (Å²) in [6.45, 7) is 12.3. The second-order valence-corrected chi connectivity index (χ2v) is 31.1. The average molecular weight is 1290 g/mol. The maximum atomic E-state index is 13.9. The van der Waals surface area contributed by atoms with Crippen molar-refractivity contribution >= 4 is 138 Å². The summed E-state index contributed by atoms with van der Waals surface area (Å²) in [5.41, 5.74) is 3.36. The van der Waals surface area contributed by atoms with E-state index in [-0.39, 0.29) is 53.0 Å². The third-order valence-corrected chi connectivity index (χ3v) is 24.5. The Hall–Kier alpha value is -7.35. The molecule has 0 aliphatic carbocycles. The molecular formula is C63H69F2N9O7S6. The van der Waals surface area contributed by atoms with Gasteiger partial charge in [-0.1, -0.05) is 117 Å². The molecule has 0 radical (unpaired) electrons. The molecule has 3 amide bonds. The second-order valence-electron chi connectivity index (χ2n) is 20.6. The van der Waals surface area contributed by atoms with Gasteiger partial charge in [-0.3, -0.25) is 22.8 Å². The monoisotopic (exact) mass is 1290 g/mol. The molecule has 9 aromatic rings. The van der Waals surface area contributed by atoms with E-state index in [1.807, 2.05) is 60.0 Å². The maximum absolute atomic E-state index is 13.9. The Morgan fingerprint density at radius 1 is 0.448 bits per heavy atom. The van der Waals surface area contributed by atoms with Crippen LogP contribution in [0.5, 0.6) is 0 Å². The third kappa shape index (κ3) is 14.2. The number of fused-ring (bicyclic) bond motifs is 3. The van der Waals surface area contributed by atoms with E-state index < -0.39 is 28.9 Å². The Morgan fingerprint density at radius 3 is 1.28 bits per heavy atom. The van der Waals surface area contributed by atoms with Crippen molar-refractivity contribution in [3.05, 3.63) is 162 Å². The molecule has 6 heterocycles. The SMILES string of the molecule is C.C=S(=O)(CC)c1ccccc1C(=O)N1CCN(c2nc3ccc(F)cc3s2)CC1.C=S(=O)(CC)c1ccccc1C(=O)N1CCN(c2nc3ccccc3s2)CC1.CCS(=O)(=O)c1ccccc1C(=O)N1CCN(c2nc3c(F)cccc3s2)CC1. The number of carbonyl (C=O) groups excluding carboxylic acids is 3. The largest absolute Gasteiger partial charge is 0.345 e. The number of amides is 3. The lowest BCUT2D eigenvalue weighted by atomic mass is 10.2. The summed E-state index contributed by atoms with van der Waals surface area (Å²) < 4.78 is 80.4. The van der Waals surface area contributed by atoms with Crippen molar-refractivity contribution in [1.82, 2.24) is 29.7 Å². The zero-order valence-electron chi connectivity index (χ0n) is 47.8. The number of benzene rings is 6. The van der Waals surface area contributed by atoms with Crippen LogP contribution >= 0.6 is 34.0 Å². The molecule has 12 rings (SSSR count). The first-order valence-electron chi connectivity index (χ1n) is 28.1. The van der Waals surface area contributed by atoms with E-state index >= 15 is 0 Å². The highest BCUT2D eigenvalue weighted by Crippen LogP contribution is 2.34. The minimum absolute atomic E-state index is 0. The van der Waals surface area contributed by atoms with Crippen LogP contribution in [-0.2, 0) is 28.9 Å². The molecule has 3 aliphatic heterocycles. The van der Waals surface area contributed by atoms with Crippen molar-refractivity contribution in [2.75, 3.05) is 110 Å². The number of nitrogens with zero attached hydrogens (tertiary/aromatic N) is 9. The van der Waals surface area contributed by atoms with Gasteiger partial charge in [-0.15, -0.1) is 0 Å². The number of rotatable bonds is 12. The first kappa shape index (κ1) is 64.1. The van der Waals surface area contributed by atoms with Crippen molar-refractivity contribution in [3.63, 3.8) is 0 Å². The minimum Gasteiger partial charge on any atom is -0.345 e. The summed E-state index contributed by atoms with van der Waals surface area (Å²) >= 11 is 4.57. The standard InChI is InChI=1S/C21H22FN3O2S2.C21H23N3O2S2.C20H20FN3O3S2.CH4/c1-3-29(2,27)19-7-5-4-6-16(19)20(26)24-10-12-25(13-11-24)21-23-17-9-8-15(22)14-18(17)28-21;1-3-28(2,26)19-11-7-4-8-16(19)20(25)23-12-14-24(15-13-23)21-22-17-9-5-6-10-18(17)27-21;1-2-29(26,27)17-9-4-3-6-14(17)19(25)23-10-12-24(13-11-23)20-22-18-15(21)7-5-8-16(18)28-20;/h4-9,14H,2-3,10-13H2,1H3;4-11H,2-3,12-15H2,1H3;3-9H,2,10-13H2,1H3;1H4. The quantitative estimate of drug-likeness (QED) is 0.106. The van der Waals surface area contributed by atoms with Crippen LogP contribution in [0.2, 0.25) is 0 Å². The summed E-state index contributed by atoms with van der Waals surface area (Å²) in [5, 5.41) is 2.57. The summed E-state index contributed by atoms with van der Waals surface area (Å²) in [6, 6.07) is 38.2. The minimum atomic E-state index is -3.49. The topological polar surface area (TPSA) is 178 Å². The summed E-state index contributed by atoms with van der Waals surface area (Å²) in [5.74, 6) is 7.38. The van der Waals surface area contributed by atoms with Crippen molar-refractivity contribution in [2.45, 2.75) is 42.9 Å². The molecule has 0 N–H and O–H groups in total. The number of aromatic nitrogens is 3. The molecule has 24 heteroatoms. The second kappa shape index (κ2) is 27.4. The van der Waals surface area contributed by atoms with Gasteiger partial charge in [0, 0.05) is 99.8 Å². The van der Waals surface area contributed by atoms with E-state index in [1.54, 1.807) is 94.8 Å². The van der Waals surface area contributed by atoms with Crippen molar-refractivity contribution in [1.29, 1.82) is 0 Å². The van der Waals surface area contributed by atoms with Crippen LogP contribution in [0.15, 0.2) is 148 Å². The van der Waals surface area contributed by atoms with Crippen LogP contribution in [0.3, 0.4) is 0 Å². The molecule has 2 unspecified atom stereocenters. The fraction of sp³-hybridized carbons (Fsp3) is 0.302. The van der Waals surface area contributed by atoms with Gasteiger partial charge in [-0.05, 0) is 110 Å². The number of thiazole rings is 3. The van der Waals surface area contributed by atoms with Crippen molar-refractivity contribution in [3.8, 4) is 0 Å². The highest BCUT2D eigenvalue weighted by molar-refractivity contribution is 8.00. The zero-order chi connectivity index (χ0) is 60.9. The predicted octanol–water partition coefficient (Wildman–Crippen LogP) is 10.7. The van der Waals surface area contributed by atoms with Crippen LogP contribution in [0.25, 0.3) is 30.6 Å². The lowest BCUT2D eigenvalue weighted by Gasteiger charge is -2.35. The number of anilines is 3. The average Bonchev–Trinajstić information content (AvgIpc) is 4.53. The molecule has 0 saturated carbocycles. The lowest BCUT2D eigenvalue weighted by molar-refractivity contribution is 0.0735. The van der Waals surface area contributed by atoms with E-state index in [1.165, 1.54) is 51.6 Å². The van der Waals surface area contributed by atoms with E-state index in [4.69, 9.17) is 4.98 Å². The van der Waals surface area contributed by atoms with E-state index in [9.17, 15) is 40.0 Å². The van der Waals surface area contributed by atoms with Gasteiger partial charge in [0.1, 0.15) is 17.2 Å². The molecular weight excluding hydrogens is 1230 g/mol. The van der Waals surface area contributed by atoms with Crippen molar-refractivity contribution in [2.24, 2.45) is 0 Å². The lowest BCUT2D eigenvalue weighted by Crippen LogP contribution is -2.49. The first-order chi connectivity index (χ1) is 41.3. The van der Waals surface area contributed by atoms with Gasteiger partial charge in [0.15, 0.2) is 25.2 Å². The molecule has 87 heavy (non-hydrogen) atoms. The molecule has 3 aromatic heterocycles. The van der Waals surface area contributed by atoms with Gasteiger partial charge in [-0.25, -0.2) is 32.2 Å². The number of para-hydroxylation sites is 2. The summed E-state index contributed by atoms with van der Waals surface area (Å²) in [6.07, 6.45) is 0. The van der Waals surface area contributed by atoms with Crippen molar-refractivity contribution < 1.29 is 40.0 Å². The van der Waals surface area contributed by atoms with Gasteiger partial charge in [-0.2, -0.15) is 0 Å². The Balaban J connectivity index is 0.000000155. The number of hydrogen-bond acceptors (Lipinski definition) is 16. The van der Waals surface area contributed by atoms with Crippen LogP contribution in [0.4, 0.5) is 24.2 Å². The highest BCUT2D eigenvalue weighted by Gasteiger charge is 2.31. The molecule has 458 valence electrons. The maximum Gasteiger partial charge on any atom is 0.255 e. The number of hydrogen-bond donors (Lipinski definition) is 0. The molecule has 0 spiro atoms.